The predicted octanol–water partition coefficient (Wildman–Crippen LogP) is 3.04. The fraction of sp³-hybridized carbons (Fsp3) is 0.600. The second-order valence-corrected chi connectivity index (χ2v) is 4.93. The Kier molecular flexibility index (Phi) is 5.33. The van der Waals surface area contributed by atoms with Gasteiger partial charge in [0.05, 0.1) is 12.7 Å². The quantitative estimate of drug-likeness (QED) is 0.775. The molecule has 0 aliphatic carbocycles. The number of hydrogen-bond acceptors (Lipinski definition) is 4. The van der Waals surface area contributed by atoms with E-state index in [1.54, 1.807) is 0 Å². The van der Waals surface area contributed by atoms with Crippen LogP contribution < -0.4 is 15.8 Å². The fourth-order valence-corrected chi connectivity index (χ4v) is 2.39. The van der Waals surface area contributed by atoms with Crippen molar-refractivity contribution in [2.24, 2.45) is 0 Å². The Hall–Kier alpha value is -1.42. The van der Waals surface area contributed by atoms with Crippen molar-refractivity contribution >= 4 is 11.4 Å². The van der Waals surface area contributed by atoms with E-state index in [-0.39, 0.29) is 0 Å². The van der Waals surface area contributed by atoms with Crippen LogP contribution in [0.15, 0.2) is 18.2 Å². The van der Waals surface area contributed by atoms with Crippen molar-refractivity contribution in [3.05, 3.63) is 18.2 Å². The Morgan fingerprint density at radius 2 is 2.26 bits per heavy atom. The molecule has 106 valence electrons. The van der Waals surface area contributed by atoms with E-state index in [0.29, 0.717) is 12.7 Å². The molecule has 1 heterocycles. The van der Waals surface area contributed by atoms with E-state index in [1.807, 2.05) is 25.1 Å². The van der Waals surface area contributed by atoms with Crippen LogP contribution in [0.2, 0.25) is 0 Å². The second kappa shape index (κ2) is 7.24. The number of anilines is 2. The highest BCUT2D eigenvalue weighted by molar-refractivity contribution is 5.59. The number of hydrogen-bond donors (Lipinski definition) is 2. The van der Waals surface area contributed by atoms with Crippen LogP contribution in [0.25, 0.3) is 0 Å². The van der Waals surface area contributed by atoms with Gasteiger partial charge in [-0.2, -0.15) is 0 Å². The summed E-state index contributed by atoms with van der Waals surface area (Å²) >= 11 is 0. The van der Waals surface area contributed by atoms with E-state index in [1.165, 1.54) is 19.3 Å². The normalized spacial score (nSPS) is 19.1. The fourth-order valence-electron chi connectivity index (χ4n) is 2.39. The summed E-state index contributed by atoms with van der Waals surface area (Å²) in [4.78, 5) is 0. The third-order valence-electron chi connectivity index (χ3n) is 3.31. The molecule has 0 saturated carbocycles. The number of nitrogen functional groups attached to an aromatic ring is 1. The van der Waals surface area contributed by atoms with Gasteiger partial charge in [0.2, 0.25) is 0 Å². The number of ether oxygens (including phenoxy) is 2. The average molecular weight is 264 g/mol. The van der Waals surface area contributed by atoms with Crippen molar-refractivity contribution < 1.29 is 9.47 Å². The van der Waals surface area contributed by atoms with E-state index in [2.05, 4.69) is 5.32 Å². The van der Waals surface area contributed by atoms with Crippen molar-refractivity contribution in [3.63, 3.8) is 0 Å². The topological polar surface area (TPSA) is 56.5 Å². The van der Waals surface area contributed by atoms with Crippen LogP contribution in [0.1, 0.15) is 32.6 Å². The van der Waals surface area contributed by atoms with Crippen molar-refractivity contribution in [2.75, 3.05) is 30.8 Å². The first-order chi connectivity index (χ1) is 9.28. The number of benzene rings is 1. The van der Waals surface area contributed by atoms with Crippen LogP contribution in [-0.2, 0) is 4.74 Å². The molecule has 0 amide bonds. The minimum Gasteiger partial charge on any atom is -0.494 e. The molecule has 4 heteroatoms. The summed E-state index contributed by atoms with van der Waals surface area (Å²) in [5.74, 6) is 0.818. The number of rotatable bonds is 6. The van der Waals surface area contributed by atoms with Gasteiger partial charge in [-0.15, -0.1) is 0 Å². The van der Waals surface area contributed by atoms with Gasteiger partial charge in [0.1, 0.15) is 5.75 Å². The lowest BCUT2D eigenvalue weighted by Gasteiger charge is -2.22. The number of nitrogens with two attached hydrogens (primary N) is 1. The Morgan fingerprint density at radius 1 is 1.37 bits per heavy atom. The molecule has 2 rings (SSSR count). The summed E-state index contributed by atoms with van der Waals surface area (Å²) in [6, 6.07) is 5.77. The van der Waals surface area contributed by atoms with E-state index in [0.717, 1.165) is 36.7 Å². The number of nitrogens with one attached hydrogen (secondary N) is 1. The standard InChI is InChI=1S/C15H24N2O2/c1-2-18-15-10-12(16)9-13(11-15)17-7-6-14-5-3-4-8-19-14/h9-11,14,17H,2-8,16H2,1H3. The van der Waals surface area contributed by atoms with E-state index >= 15 is 0 Å². The summed E-state index contributed by atoms with van der Waals surface area (Å²) in [6.07, 6.45) is 5.13. The highest BCUT2D eigenvalue weighted by atomic mass is 16.5. The molecular formula is C15H24N2O2. The molecule has 19 heavy (non-hydrogen) atoms. The van der Waals surface area contributed by atoms with Gasteiger partial charge in [-0.3, -0.25) is 0 Å². The van der Waals surface area contributed by atoms with Crippen LogP contribution in [0.4, 0.5) is 11.4 Å². The highest BCUT2D eigenvalue weighted by Gasteiger charge is 2.13. The van der Waals surface area contributed by atoms with E-state index < -0.39 is 0 Å². The molecule has 1 saturated heterocycles. The Morgan fingerprint density at radius 3 is 3.00 bits per heavy atom. The second-order valence-electron chi connectivity index (χ2n) is 4.93. The molecule has 1 aromatic rings. The third kappa shape index (κ3) is 4.63. The van der Waals surface area contributed by atoms with Gasteiger partial charge >= 0.3 is 0 Å². The molecule has 0 spiro atoms. The Bertz CT molecular complexity index is 390. The predicted molar refractivity (Wildman–Crippen MR) is 78.7 cm³/mol. The van der Waals surface area contributed by atoms with Gasteiger partial charge in [0, 0.05) is 36.7 Å². The van der Waals surface area contributed by atoms with Gasteiger partial charge in [-0.25, -0.2) is 0 Å². The smallest absolute Gasteiger partial charge is 0.123 e. The molecule has 1 aliphatic rings. The molecule has 1 unspecified atom stereocenters. The van der Waals surface area contributed by atoms with Crippen molar-refractivity contribution in [2.45, 2.75) is 38.7 Å². The van der Waals surface area contributed by atoms with Crippen LogP contribution >= 0.6 is 0 Å². The lowest BCUT2D eigenvalue weighted by molar-refractivity contribution is 0.0134. The Labute approximate surface area is 115 Å². The van der Waals surface area contributed by atoms with Crippen LogP contribution in [0.3, 0.4) is 0 Å². The third-order valence-corrected chi connectivity index (χ3v) is 3.31. The zero-order valence-corrected chi connectivity index (χ0v) is 11.7. The maximum absolute atomic E-state index is 5.86. The molecule has 0 aromatic heterocycles. The molecule has 1 atom stereocenters. The summed E-state index contributed by atoms with van der Waals surface area (Å²) in [5.41, 5.74) is 7.60. The van der Waals surface area contributed by atoms with Gasteiger partial charge in [-0.05, 0) is 38.7 Å². The summed E-state index contributed by atoms with van der Waals surface area (Å²) in [5, 5.41) is 3.39. The zero-order valence-electron chi connectivity index (χ0n) is 11.7. The molecule has 0 radical (unpaired) electrons. The van der Waals surface area contributed by atoms with Crippen molar-refractivity contribution in [1.82, 2.24) is 0 Å². The molecule has 3 N–H and O–H groups in total. The summed E-state index contributed by atoms with van der Waals surface area (Å²) in [6.45, 7) is 4.44. The van der Waals surface area contributed by atoms with Crippen LogP contribution in [-0.4, -0.2) is 25.9 Å². The van der Waals surface area contributed by atoms with Gasteiger partial charge < -0.3 is 20.5 Å². The lowest BCUT2D eigenvalue weighted by Crippen LogP contribution is -2.22. The summed E-state index contributed by atoms with van der Waals surface area (Å²) < 4.78 is 11.2. The SMILES string of the molecule is CCOc1cc(N)cc(NCCC2CCCCO2)c1. The van der Waals surface area contributed by atoms with Crippen molar-refractivity contribution in [3.8, 4) is 5.75 Å². The van der Waals surface area contributed by atoms with Crippen LogP contribution in [0, 0.1) is 0 Å². The van der Waals surface area contributed by atoms with E-state index in [9.17, 15) is 0 Å². The van der Waals surface area contributed by atoms with Gasteiger partial charge in [0.25, 0.3) is 0 Å². The van der Waals surface area contributed by atoms with Gasteiger partial charge in [-0.1, -0.05) is 0 Å². The largest absolute Gasteiger partial charge is 0.494 e. The average Bonchev–Trinajstić information content (AvgIpc) is 2.40. The van der Waals surface area contributed by atoms with Gasteiger partial charge in [0.15, 0.2) is 0 Å². The molecular weight excluding hydrogens is 240 g/mol. The molecule has 0 bridgehead atoms. The molecule has 4 nitrogen and oxygen atoms in total. The molecule has 1 aliphatic heterocycles. The maximum Gasteiger partial charge on any atom is 0.123 e. The monoisotopic (exact) mass is 264 g/mol. The maximum atomic E-state index is 5.86. The molecule has 1 aromatic carbocycles. The first-order valence-electron chi connectivity index (χ1n) is 7.17. The van der Waals surface area contributed by atoms with E-state index in [4.69, 9.17) is 15.2 Å². The highest BCUT2D eigenvalue weighted by Crippen LogP contribution is 2.23. The molecule has 1 fully saturated rings. The minimum atomic E-state index is 0.411. The first-order valence-corrected chi connectivity index (χ1v) is 7.17. The first kappa shape index (κ1) is 14.0. The zero-order chi connectivity index (χ0) is 13.5. The van der Waals surface area contributed by atoms with Crippen LogP contribution in [0.5, 0.6) is 5.75 Å². The summed E-state index contributed by atoms with van der Waals surface area (Å²) in [7, 11) is 0. The minimum absolute atomic E-state index is 0.411. The van der Waals surface area contributed by atoms with Crippen molar-refractivity contribution in [1.29, 1.82) is 0 Å². The lowest BCUT2D eigenvalue weighted by atomic mass is 10.1. The Balaban J connectivity index is 1.81.